The van der Waals surface area contributed by atoms with Crippen LogP contribution in [0.3, 0.4) is 0 Å². The molecule has 1 aromatic heterocycles. The van der Waals surface area contributed by atoms with Crippen LogP contribution in [0.4, 0.5) is 0 Å². The quantitative estimate of drug-likeness (QED) is 0.742. The van der Waals surface area contributed by atoms with Crippen molar-refractivity contribution >= 4 is 12.6 Å². The van der Waals surface area contributed by atoms with Crippen molar-refractivity contribution in [1.29, 1.82) is 0 Å². The lowest BCUT2D eigenvalue weighted by Crippen LogP contribution is -2.32. The van der Waals surface area contributed by atoms with Crippen molar-refractivity contribution in [1.82, 2.24) is 4.98 Å². The molecule has 6 heteroatoms. The zero-order chi connectivity index (χ0) is 13.0. The van der Waals surface area contributed by atoms with Crippen molar-refractivity contribution in [3.8, 4) is 5.75 Å². The van der Waals surface area contributed by atoms with Crippen LogP contribution in [0.25, 0.3) is 0 Å². The number of hydrogen-bond acceptors (Lipinski definition) is 5. The Kier molecular flexibility index (Phi) is 4.57. The lowest BCUT2D eigenvalue weighted by molar-refractivity contribution is 0.0209. The van der Waals surface area contributed by atoms with Gasteiger partial charge in [0.05, 0.1) is 12.3 Å². The van der Waals surface area contributed by atoms with Gasteiger partial charge < -0.3 is 19.5 Å². The molecule has 1 aliphatic rings. The molecule has 0 aromatic carbocycles. The molecule has 1 saturated carbocycles. The van der Waals surface area contributed by atoms with E-state index in [-0.39, 0.29) is 12.2 Å². The van der Waals surface area contributed by atoms with E-state index in [1.54, 1.807) is 19.4 Å². The average Bonchev–Trinajstić information content (AvgIpc) is 2.39. The fraction of sp³-hybridized carbons (Fsp3) is 0.583. The van der Waals surface area contributed by atoms with Crippen LogP contribution in [0.1, 0.15) is 25.7 Å². The summed E-state index contributed by atoms with van der Waals surface area (Å²) in [6, 6.07) is 1.61. The first-order chi connectivity index (χ1) is 8.69. The third-order valence-corrected chi connectivity index (χ3v) is 3.25. The second-order valence-corrected chi connectivity index (χ2v) is 4.59. The van der Waals surface area contributed by atoms with E-state index in [0.717, 1.165) is 25.7 Å². The minimum absolute atomic E-state index is 0.108. The third kappa shape index (κ3) is 3.44. The Balaban J connectivity index is 1.98. The second kappa shape index (κ2) is 6.18. The number of methoxy groups -OCH3 is 1. The summed E-state index contributed by atoms with van der Waals surface area (Å²) in [6.45, 7) is 0. The van der Waals surface area contributed by atoms with E-state index in [9.17, 15) is 0 Å². The molecule has 0 aliphatic heterocycles. The lowest BCUT2D eigenvalue weighted by Gasteiger charge is -2.28. The molecule has 1 fully saturated rings. The number of rotatable bonds is 4. The Hall–Kier alpha value is -1.11. The van der Waals surface area contributed by atoms with Crippen LogP contribution in [0.2, 0.25) is 0 Å². The fourth-order valence-electron chi connectivity index (χ4n) is 2.26. The van der Waals surface area contributed by atoms with Crippen LogP contribution >= 0.6 is 0 Å². The van der Waals surface area contributed by atoms with Crippen molar-refractivity contribution in [3.63, 3.8) is 0 Å². The van der Waals surface area contributed by atoms with Crippen LogP contribution in [0, 0.1) is 0 Å². The van der Waals surface area contributed by atoms with E-state index in [2.05, 4.69) is 4.98 Å². The number of hydrogen-bond donors (Lipinski definition) is 2. The summed E-state index contributed by atoms with van der Waals surface area (Å²) in [4.78, 5) is 3.93. The fourth-order valence-corrected chi connectivity index (χ4v) is 2.26. The van der Waals surface area contributed by atoms with Crippen LogP contribution in [-0.4, -0.2) is 41.5 Å². The maximum Gasteiger partial charge on any atom is 0.490 e. The molecule has 1 heterocycles. The van der Waals surface area contributed by atoms with E-state index >= 15 is 0 Å². The highest BCUT2D eigenvalue weighted by atomic mass is 16.5. The Bertz CT molecular complexity index is 388. The molecule has 2 rings (SSSR count). The summed E-state index contributed by atoms with van der Waals surface area (Å²) >= 11 is 0. The van der Waals surface area contributed by atoms with Crippen molar-refractivity contribution in [2.75, 3.05) is 7.11 Å². The lowest BCUT2D eigenvalue weighted by atomic mass is 9.82. The zero-order valence-electron chi connectivity index (χ0n) is 10.5. The maximum atomic E-state index is 9.07. The first-order valence-corrected chi connectivity index (χ1v) is 6.19. The smallest absolute Gasteiger partial charge is 0.489 e. The van der Waals surface area contributed by atoms with Gasteiger partial charge in [0.15, 0.2) is 0 Å². The molecule has 5 nitrogen and oxygen atoms in total. The van der Waals surface area contributed by atoms with Gasteiger partial charge in [-0.15, -0.1) is 0 Å². The summed E-state index contributed by atoms with van der Waals surface area (Å²) in [6.07, 6.45) is 7.37. The van der Waals surface area contributed by atoms with Crippen molar-refractivity contribution in [2.24, 2.45) is 0 Å². The molecular formula is C12H18BNO4. The minimum atomic E-state index is -1.51. The summed E-state index contributed by atoms with van der Waals surface area (Å²) in [7, 11) is 0.205. The van der Waals surface area contributed by atoms with Gasteiger partial charge in [-0.05, 0) is 25.3 Å². The number of ether oxygens (including phenoxy) is 2. The molecule has 2 atom stereocenters. The summed E-state index contributed by atoms with van der Waals surface area (Å²) in [5.41, 5.74) is 0.339. The molecule has 18 heavy (non-hydrogen) atoms. The van der Waals surface area contributed by atoms with Gasteiger partial charge in [-0.2, -0.15) is 0 Å². The molecule has 1 aliphatic carbocycles. The van der Waals surface area contributed by atoms with Gasteiger partial charge >= 0.3 is 7.12 Å². The topological polar surface area (TPSA) is 71.8 Å². The van der Waals surface area contributed by atoms with Crippen molar-refractivity contribution in [2.45, 2.75) is 37.9 Å². The van der Waals surface area contributed by atoms with E-state index in [0.29, 0.717) is 11.2 Å². The minimum Gasteiger partial charge on any atom is -0.489 e. The maximum absolute atomic E-state index is 9.07. The predicted molar refractivity (Wildman–Crippen MR) is 67.7 cm³/mol. The highest BCUT2D eigenvalue weighted by Gasteiger charge is 2.23. The van der Waals surface area contributed by atoms with Gasteiger partial charge in [0.25, 0.3) is 0 Å². The van der Waals surface area contributed by atoms with Crippen molar-refractivity contribution < 1.29 is 19.5 Å². The summed E-state index contributed by atoms with van der Waals surface area (Å²) in [5, 5.41) is 18.1. The molecule has 0 spiro atoms. The first kappa shape index (κ1) is 13.3. The Labute approximate surface area is 107 Å². The largest absolute Gasteiger partial charge is 0.490 e. The van der Waals surface area contributed by atoms with Crippen LogP contribution in [0.15, 0.2) is 18.5 Å². The van der Waals surface area contributed by atoms with Gasteiger partial charge in [-0.25, -0.2) is 0 Å². The molecule has 98 valence electrons. The molecular weight excluding hydrogens is 233 g/mol. The number of pyridine rings is 1. The number of aromatic nitrogens is 1. The van der Waals surface area contributed by atoms with Gasteiger partial charge in [-0.1, -0.05) is 0 Å². The van der Waals surface area contributed by atoms with Crippen LogP contribution in [-0.2, 0) is 4.74 Å². The monoisotopic (exact) mass is 251 g/mol. The molecule has 2 N–H and O–H groups in total. The highest BCUT2D eigenvalue weighted by molar-refractivity contribution is 6.58. The van der Waals surface area contributed by atoms with Crippen LogP contribution in [0.5, 0.6) is 5.75 Å². The highest BCUT2D eigenvalue weighted by Crippen LogP contribution is 2.24. The molecule has 1 aromatic rings. The predicted octanol–water partition coefficient (Wildman–Crippen LogP) is 0.0978. The van der Waals surface area contributed by atoms with E-state index in [1.165, 1.54) is 6.20 Å². The van der Waals surface area contributed by atoms with Crippen LogP contribution < -0.4 is 10.2 Å². The Morgan fingerprint density at radius 1 is 1.28 bits per heavy atom. The first-order valence-electron chi connectivity index (χ1n) is 6.19. The zero-order valence-corrected chi connectivity index (χ0v) is 10.5. The third-order valence-electron chi connectivity index (χ3n) is 3.25. The summed E-state index contributed by atoms with van der Waals surface area (Å²) in [5.74, 6) is 0.572. The summed E-state index contributed by atoms with van der Waals surface area (Å²) < 4.78 is 11.2. The normalized spacial score (nSPS) is 23.7. The standard InChI is InChI=1S/C12H18BNO4/c1-17-10-3-2-4-11(6-10)18-12-5-9(13(15)16)7-14-8-12/h5,7-8,10-11,15-16H,2-4,6H2,1H3. The number of nitrogens with zero attached hydrogens (tertiary/aromatic N) is 1. The molecule has 0 radical (unpaired) electrons. The molecule has 0 saturated heterocycles. The van der Waals surface area contributed by atoms with E-state index in [4.69, 9.17) is 19.5 Å². The Morgan fingerprint density at radius 3 is 2.78 bits per heavy atom. The van der Waals surface area contributed by atoms with Gasteiger partial charge in [0.1, 0.15) is 11.9 Å². The average molecular weight is 251 g/mol. The van der Waals surface area contributed by atoms with Gasteiger partial charge in [0, 0.05) is 25.2 Å². The molecule has 0 bridgehead atoms. The van der Waals surface area contributed by atoms with Gasteiger partial charge in [0.2, 0.25) is 0 Å². The second-order valence-electron chi connectivity index (χ2n) is 4.59. The molecule has 0 amide bonds. The van der Waals surface area contributed by atoms with E-state index < -0.39 is 7.12 Å². The Morgan fingerprint density at radius 2 is 2.06 bits per heavy atom. The molecule has 2 unspecified atom stereocenters. The van der Waals surface area contributed by atoms with Crippen molar-refractivity contribution in [3.05, 3.63) is 18.5 Å². The SMILES string of the molecule is COC1CCCC(Oc2cncc(B(O)O)c2)C1. The van der Waals surface area contributed by atoms with Gasteiger partial charge in [-0.3, -0.25) is 4.98 Å². The van der Waals surface area contributed by atoms with E-state index in [1.807, 2.05) is 0 Å².